The normalized spacial score (nSPS) is 50.6. The third-order valence-corrected chi connectivity index (χ3v) is 28.6. The van der Waals surface area contributed by atoms with Gasteiger partial charge in [-0.3, -0.25) is 9.59 Å². The summed E-state index contributed by atoms with van der Waals surface area (Å²) in [5.41, 5.74) is -1.75. The number of aliphatic hydroxyl groups is 14. The van der Waals surface area contributed by atoms with Crippen LogP contribution in [0.25, 0.3) is 0 Å². The molecule has 2 amide bonds. The van der Waals surface area contributed by atoms with Crippen molar-refractivity contribution in [3.63, 3.8) is 0 Å². The molecule has 12 rings (SSSR count). The van der Waals surface area contributed by atoms with Crippen LogP contribution < -0.4 is 10.6 Å². The van der Waals surface area contributed by atoms with E-state index in [4.69, 9.17) is 37.9 Å². The third kappa shape index (κ3) is 13.4. The van der Waals surface area contributed by atoms with Crippen LogP contribution in [0.5, 0.6) is 0 Å². The van der Waals surface area contributed by atoms with Crippen molar-refractivity contribution in [3.05, 3.63) is 24.3 Å². The summed E-state index contributed by atoms with van der Waals surface area (Å²) >= 11 is 0. The number of ether oxygens (including phenoxy) is 8. The predicted molar refractivity (Wildman–Crippen MR) is 356 cm³/mol. The number of aliphatic hydroxyl groups excluding tert-OH is 14. The minimum Gasteiger partial charge on any atom is -0.394 e. The summed E-state index contributed by atoms with van der Waals surface area (Å²) in [5.74, 6) is 1.17. The van der Waals surface area contributed by atoms with E-state index < -0.39 is 171 Å². The maximum absolute atomic E-state index is 14.5. The number of nitrogens with one attached hydrogen (secondary N) is 2. The summed E-state index contributed by atoms with van der Waals surface area (Å²) in [6.45, 7) is 16.9. The lowest BCUT2D eigenvalue weighted by atomic mass is 9.40. The molecule has 26 heteroatoms. The van der Waals surface area contributed by atoms with Gasteiger partial charge in [0.25, 0.3) is 0 Å². The quantitative estimate of drug-likeness (QED) is 0.0352. The van der Waals surface area contributed by atoms with Crippen molar-refractivity contribution in [1.82, 2.24) is 10.6 Å². The monoisotopic (exact) mass is 1420 g/mol. The van der Waals surface area contributed by atoms with Crippen LogP contribution in [-0.2, 0) is 47.5 Å². The standard InChI is InChI=1S/C74H120N2O24/c1-39-31-71-25-17-45-67(3,47(71)19-27-73(39,37-71)99-63-59(55(87)51(83)43(35-79)95-63)97-61-57(89)53(85)49(81)41(33-77)93-61)21-15-23-69(45,5)65(91)75-29-13-11-9-7-8-10-12-14-30-76-66(92)70(6)24-16-22-68(4)46(70)18-26-72-32-40(2)74(38-72,28-20-48(68)72)100-64-60(56(88)52(84)44(36-80)96-64)98-62-58(90)54(86)50(82)42(34-78)94-62/h41-64,77-90H,1-2,7-38H2,3-6H3,(H,75,91)(H,76,92)/t41-,42-,43-,44-,45+,46+,47+,48+,49-,50-,51-,52-,53+,54+,55+,56+,57-,58-,59-,60-,61+,62+,63+,64+,67-,68-,69-,70-,71-,72-,73+,74+/m1/s1. The van der Waals surface area contributed by atoms with Gasteiger partial charge < -0.3 is 120 Å². The van der Waals surface area contributed by atoms with Crippen molar-refractivity contribution in [1.29, 1.82) is 0 Å². The van der Waals surface area contributed by atoms with Crippen LogP contribution in [0.3, 0.4) is 0 Å². The van der Waals surface area contributed by atoms with E-state index in [2.05, 4.69) is 51.5 Å². The zero-order chi connectivity index (χ0) is 71.9. The number of carbonyl (C=O) groups excluding carboxylic acids is 2. The van der Waals surface area contributed by atoms with Crippen LogP contribution in [-0.4, -0.2) is 257 Å². The van der Waals surface area contributed by atoms with Gasteiger partial charge in [-0.25, -0.2) is 0 Å². The molecule has 16 N–H and O–H groups in total. The molecule has 4 bridgehead atoms. The maximum Gasteiger partial charge on any atom is 0.226 e. The lowest BCUT2D eigenvalue weighted by Crippen LogP contribution is -2.65. The van der Waals surface area contributed by atoms with Gasteiger partial charge in [0, 0.05) is 23.9 Å². The SMILES string of the molecule is C=C1C[C@@]23CC[C@H]4[C@@](C)(CCC[C@@]4(C)C(=O)NCCCCCCCCCCNC(=O)[C@]4(C)CCC[C@@]5(C)[C@@H]6CC[C@]7(O[C@@H]8O[C@H](CO)[C@@H](O)[C@H](O)[C@H]8O[C@@H]8O[C@H](CO)[C@@H](O)[C@H](O)[C@H]8O)C[C@@]6(CC[C@@H]54)CC7=C)[C@@H]2CC[C@]1(O[C@@H]1O[C@H](CO)[C@@H](O)[C@H](O)[C@H]1O[C@@H]1O[C@H](CO)[C@@H](O)[C@H](O)[C@H]1O)C3. The molecular weight excluding hydrogens is 1300 g/mol. The molecular formula is C74H120N2O24. The topological polar surface area (TPSA) is 415 Å². The van der Waals surface area contributed by atoms with Gasteiger partial charge in [-0.2, -0.15) is 0 Å². The molecule has 4 aliphatic heterocycles. The Balaban J connectivity index is 0.569. The second-order valence-electron chi connectivity index (χ2n) is 34.1. The average molecular weight is 1420 g/mol. The third-order valence-electron chi connectivity index (χ3n) is 28.6. The molecule has 12 fully saturated rings. The van der Waals surface area contributed by atoms with E-state index in [9.17, 15) is 81.1 Å². The lowest BCUT2D eigenvalue weighted by molar-refractivity contribution is -0.378. The molecule has 100 heavy (non-hydrogen) atoms. The van der Waals surface area contributed by atoms with Gasteiger partial charge in [-0.15, -0.1) is 0 Å². The Bertz CT molecular complexity index is 2690. The number of rotatable bonds is 25. The molecule has 26 nitrogen and oxygen atoms in total. The first-order valence-electron chi connectivity index (χ1n) is 37.9. The highest BCUT2D eigenvalue weighted by molar-refractivity contribution is 5.83. The van der Waals surface area contributed by atoms with Gasteiger partial charge in [-0.1, -0.05) is 92.2 Å². The van der Waals surface area contributed by atoms with Crippen LogP contribution in [0.1, 0.15) is 195 Å². The Hall–Kier alpha value is -2.46. The van der Waals surface area contributed by atoms with Gasteiger partial charge in [0.2, 0.25) is 11.8 Å². The first-order valence-corrected chi connectivity index (χ1v) is 37.9. The number of hydrogen-bond donors (Lipinski definition) is 16. The number of unbranched alkanes of at least 4 members (excludes halogenated alkanes) is 7. The van der Waals surface area contributed by atoms with Crippen molar-refractivity contribution in [3.8, 4) is 0 Å². The van der Waals surface area contributed by atoms with Crippen LogP contribution in [0.15, 0.2) is 24.3 Å². The van der Waals surface area contributed by atoms with Crippen molar-refractivity contribution in [2.45, 2.75) is 329 Å². The zero-order valence-corrected chi connectivity index (χ0v) is 59.2. The van der Waals surface area contributed by atoms with Crippen LogP contribution >= 0.6 is 0 Å². The van der Waals surface area contributed by atoms with Gasteiger partial charge in [0.1, 0.15) is 97.7 Å². The van der Waals surface area contributed by atoms with Crippen molar-refractivity contribution < 1.29 is 119 Å². The van der Waals surface area contributed by atoms with Crippen LogP contribution in [0.2, 0.25) is 0 Å². The molecule has 0 aromatic heterocycles. The van der Waals surface area contributed by atoms with E-state index >= 15 is 0 Å². The van der Waals surface area contributed by atoms with Gasteiger partial charge in [0.15, 0.2) is 25.2 Å². The summed E-state index contributed by atoms with van der Waals surface area (Å²) in [4.78, 5) is 29.0. The molecule has 0 aromatic rings. The van der Waals surface area contributed by atoms with E-state index in [0.29, 0.717) is 51.6 Å². The molecule has 32 atom stereocenters. The molecule has 8 saturated carbocycles. The van der Waals surface area contributed by atoms with Crippen LogP contribution in [0, 0.1) is 56.2 Å². The molecule has 0 aromatic carbocycles. The highest BCUT2D eigenvalue weighted by Gasteiger charge is 2.71. The average Bonchev–Trinajstić information content (AvgIpc) is 1.38. The van der Waals surface area contributed by atoms with Gasteiger partial charge in [-0.05, 0) is 172 Å². The van der Waals surface area contributed by atoms with E-state index in [1.807, 2.05) is 0 Å². The minimum absolute atomic E-state index is 0.128. The molecule has 12 aliphatic rings. The lowest BCUT2D eigenvalue weighted by Gasteiger charge is -2.64. The smallest absolute Gasteiger partial charge is 0.226 e. The predicted octanol–water partition coefficient (Wildman–Crippen LogP) is 1.80. The summed E-state index contributed by atoms with van der Waals surface area (Å²) in [7, 11) is 0. The Labute approximate surface area is 587 Å². The molecule has 0 unspecified atom stereocenters. The Morgan fingerprint density at radius 2 is 0.730 bits per heavy atom. The maximum atomic E-state index is 14.5. The highest BCUT2D eigenvalue weighted by Crippen LogP contribution is 2.76. The second-order valence-corrected chi connectivity index (χ2v) is 34.1. The molecule has 0 radical (unpaired) electrons. The summed E-state index contributed by atoms with van der Waals surface area (Å²) in [6, 6.07) is 0. The van der Waals surface area contributed by atoms with E-state index in [-0.39, 0.29) is 57.1 Å². The number of carbonyl (C=O) groups is 2. The summed E-state index contributed by atoms with van der Waals surface area (Å²) in [6.07, 6.45) is -8.42. The fourth-order valence-electron chi connectivity index (χ4n) is 23.4. The molecule has 4 heterocycles. The Kier molecular flexibility index (Phi) is 23.1. The fourth-order valence-corrected chi connectivity index (χ4v) is 23.4. The second kappa shape index (κ2) is 29.9. The summed E-state index contributed by atoms with van der Waals surface area (Å²) in [5, 5.41) is 155. The van der Waals surface area contributed by atoms with Gasteiger partial charge >= 0.3 is 0 Å². The zero-order valence-electron chi connectivity index (χ0n) is 59.2. The molecule has 2 spiro atoms. The Morgan fingerprint density at radius 1 is 0.410 bits per heavy atom. The fraction of sp³-hybridized carbons (Fsp3) is 0.919. The molecule has 8 aliphatic carbocycles. The number of fused-ring (bicyclic) bond motifs is 6. The van der Waals surface area contributed by atoms with E-state index in [1.165, 1.54) is 0 Å². The number of hydrogen-bond acceptors (Lipinski definition) is 24. The minimum atomic E-state index is -1.79. The van der Waals surface area contributed by atoms with Crippen LogP contribution in [0.4, 0.5) is 0 Å². The summed E-state index contributed by atoms with van der Waals surface area (Å²) < 4.78 is 49.5. The first-order chi connectivity index (χ1) is 47.5. The van der Waals surface area contributed by atoms with Crippen molar-refractivity contribution in [2.24, 2.45) is 56.2 Å². The van der Waals surface area contributed by atoms with E-state index in [1.54, 1.807) is 0 Å². The first kappa shape index (κ1) is 77.2. The van der Waals surface area contributed by atoms with Crippen molar-refractivity contribution in [2.75, 3.05) is 39.5 Å². The van der Waals surface area contributed by atoms with E-state index in [0.717, 1.165) is 140 Å². The highest BCUT2D eigenvalue weighted by atomic mass is 16.8. The number of amides is 2. The van der Waals surface area contributed by atoms with Crippen molar-refractivity contribution >= 4 is 11.8 Å². The molecule has 4 saturated heterocycles. The Morgan fingerprint density at radius 3 is 1.08 bits per heavy atom. The molecule has 570 valence electrons. The van der Waals surface area contributed by atoms with Gasteiger partial charge in [0.05, 0.1) is 37.6 Å². The largest absolute Gasteiger partial charge is 0.394 e.